The largest absolute Gasteiger partial charge is 0.465 e. The minimum absolute atomic E-state index is 0. The number of ether oxygens (including phenoxy) is 2. The van der Waals surface area contributed by atoms with Crippen LogP contribution in [0.2, 0.25) is 0 Å². The van der Waals surface area contributed by atoms with E-state index in [1.807, 2.05) is 0 Å². The summed E-state index contributed by atoms with van der Waals surface area (Å²) in [5.41, 5.74) is 1.42. The maximum atomic E-state index is 11.9. The molecule has 0 heterocycles. The van der Waals surface area contributed by atoms with Gasteiger partial charge in [0.2, 0.25) is 0 Å². The summed E-state index contributed by atoms with van der Waals surface area (Å²) < 4.78 is 40.7. The van der Waals surface area contributed by atoms with Gasteiger partial charge in [-0.15, -0.1) is 0 Å². The first-order chi connectivity index (χ1) is 12.2. The van der Waals surface area contributed by atoms with Gasteiger partial charge in [0, 0.05) is 58.3 Å². The molecule has 1 radical (unpaired) electrons. The maximum Gasteiger partial charge on any atom is 0.341 e. The van der Waals surface area contributed by atoms with Crippen molar-refractivity contribution in [3.63, 3.8) is 0 Å². The fraction of sp³-hybridized carbons (Fsp3) is 0.111. The molecular weight excluding hydrogens is 399 g/mol. The van der Waals surface area contributed by atoms with E-state index in [2.05, 4.69) is 4.74 Å². The van der Waals surface area contributed by atoms with E-state index in [9.17, 15) is 18.0 Å². The van der Waals surface area contributed by atoms with Crippen molar-refractivity contribution in [1.29, 1.82) is 0 Å². The molecule has 2 aromatic carbocycles. The van der Waals surface area contributed by atoms with Gasteiger partial charge in [-0.25, -0.2) is 4.79 Å². The first-order valence-corrected chi connectivity index (χ1v) is 8.81. The molecule has 2 aromatic rings. The zero-order valence-electron chi connectivity index (χ0n) is 15.0. The van der Waals surface area contributed by atoms with Gasteiger partial charge in [-0.3, -0.25) is 9.35 Å². The van der Waals surface area contributed by atoms with Crippen molar-refractivity contribution >= 4 is 85.6 Å². The third-order valence-electron chi connectivity index (χ3n) is 3.31. The van der Waals surface area contributed by atoms with Crippen molar-refractivity contribution in [3.8, 4) is 5.75 Å². The van der Waals surface area contributed by atoms with Gasteiger partial charge in [0.25, 0.3) is 10.1 Å². The maximum absolute atomic E-state index is 11.9. The Bertz CT molecular complexity index is 964. The first-order valence-electron chi connectivity index (χ1n) is 7.37. The van der Waals surface area contributed by atoms with E-state index in [0.717, 1.165) is 0 Å². The van der Waals surface area contributed by atoms with E-state index in [1.165, 1.54) is 50.4 Å². The van der Waals surface area contributed by atoms with Gasteiger partial charge < -0.3 is 9.47 Å². The van der Waals surface area contributed by atoms with Gasteiger partial charge in [-0.1, -0.05) is 30.4 Å². The van der Waals surface area contributed by atoms with Gasteiger partial charge in [-0.2, -0.15) is 8.42 Å². The number of carbonyl (C=O) groups excluding carboxylic acids is 2. The van der Waals surface area contributed by atoms with E-state index in [4.69, 9.17) is 9.29 Å². The molecule has 0 saturated carbocycles. The van der Waals surface area contributed by atoms with Crippen LogP contribution in [0.3, 0.4) is 0 Å². The summed E-state index contributed by atoms with van der Waals surface area (Å²) in [5, 5.41) is 0. The summed E-state index contributed by atoms with van der Waals surface area (Å²) in [6, 6.07) is 10.2. The van der Waals surface area contributed by atoms with Gasteiger partial charge in [-0.05, 0) is 35.4 Å². The van der Waals surface area contributed by atoms with E-state index in [0.29, 0.717) is 11.1 Å². The predicted octanol–water partition coefficient (Wildman–Crippen LogP) is 2.43. The Morgan fingerprint density at radius 1 is 1.00 bits per heavy atom. The molecule has 9 heteroatoms. The van der Waals surface area contributed by atoms with Crippen molar-refractivity contribution in [3.05, 3.63) is 59.2 Å². The molecule has 27 heavy (non-hydrogen) atoms. The van der Waals surface area contributed by atoms with Crippen LogP contribution < -0.4 is 4.74 Å². The van der Waals surface area contributed by atoms with Gasteiger partial charge in [0.05, 0.1) is 12.0 Å². The molecule has 0 amide bonds. The van der Waals surface area contributed by atoms with Crippen molar-refractivity contribution in [2.24, 2.45) is 0 Å². The molecule has 0 atom stereocenters. The van der Waals surface area contributed by atoms with Gasteiger partial charge in [0.15, 0.2) is 0 Å². The van der Waals surface area contributed by atoms with Crippen molar-refractivity contribution in [2.45, 2.75) is 11.8 Å². The second-order valence-corrected chi connectivity index (χ2v) is 6.64. The van der Waals surface area contributed by atoms with E-state index < -0.39 is 22.1 Å². The number of hydrogen-bond donors (Lipinski definition) is 1. The van der Waals surface area contributed by atoms with Crippen LogP contribution in [-0.4, -0.2) is 83.4 Å². The molecule has 0 spiro atoms. The number of hydrogen-bond acceptors (Lipinski definition) is 6. The standard InChI is InChI=1S/C18H16O7S.K/c1-12(19)25-17-10-7-14(11-16(17)18(20)24-2)4-3-13-5-8-15(9-6-13)26(21,22)23;/h3-11H,1-2H3,(H,21,22,23);. The van der Waals surface area contributed by atoms with Crippen LogP contribution in [-0.2, 0) is 19.6 Å². The molecule has 0 saturated heterocycles. The Balaban J connectivity index is 0.00000364. The molecule has 0 aliphatic carbocycles. The molecule has 2 rings (SSSR count). The van der Waals surface area contributed by atoms with E-state index in [-0.39, 0.29) is 67.6 Å². The number of methoxy groups -OCH3 is 1. The number of benzene rings is 2. The second-order valence-electron chi connectivity index (χ2n) is 5.22. The second kappa shape index (κ2) is 10.3. The van der Waals surface area contributed by atoms with E-state index >= 15 is 0 Å². The zero-order chi connectivity index (χ0) is 19.3. The van der Waals surface area contributed by atoms with E-state index in [1.54, 1.807) is 18.2 Å². The average molecular weight is 415 g/mol. The quantitative estimate of drug-likeness (QED) is 0.263. The summed E-state index contributed by atoms with van der Waals surface area (Å²) in [6.07, 6.45) is 3.38. The molecule has 0 aromatic heterocycles. The number of esters is 2. The molecule has 0 unspecified atom stereocenters. The monoisotopic (exact) mass is 415 g/mol. The zero-order valence-corrected chi connectivity index (χ0v) is 18.9. The van der Waals surface area contributed by atoms with Crippen LogP contribution in [0.5, 0.6) is 5.75 Å². The first kappa shape index (κ1) is 23.7. The predicted molar refractivity (Wildman–Crippen MR) is 100 cm³/mol. The SMILES string of the molecule is COC(=O)c1cc(C=Cc2ccc(S(=O)(=O)O)cc2)ccc1OC(C)=O.[K]. The summed E-state index contributed by atoms with van der Waals surface area (Å²) >= 11 is 0. The van der Waals surface area contributed by atoms with Crippen LogP contribution in [0, 0.1) is 0 Å². The molecule has 137 valence electrons. The molecule has 7 nitrogen and oxygen atoms in total. The fourth-order valence-corrected chi connectivity index (χ4v) is 2.59. The summed E-state index contributed by atoms with van der Waals surface area (Å²) in [4.78, 5) is 22.8. The fourth-order valence-electron chi connectivity index (χ4n) is 2.11. The summed E-state index contributed by atoms with van der Waals surface area (Å²) in [6.45, 7) is 1.23. The Morgan fingerprint density at radius 3 is 2.07 bits per heavy atom. The van der Waals surface area contributed by atoms with Crippen molar-refractivity contribution < 1.29 is 32.0 Å². The van der Waals surface area contributed by atoms with Crippen molar-refractivity contribution in [1.82, 2.24) is 0 Å². The average Bonchev–Trinajstić information content (AvgIpc) is 2.59. The Labute approximate surface area is 199 Å². The third-order valence-corrected chi connectivity index (χ3v) is 4.18. The van der Waals surface area contributed by atoms with Crippen LogP contribution >= 0.6 is 0 Å². The molecule has 0 aliphatic rings. The van der Waals surface area contributed by atoms with Crippen LogP contribution in [0.25, 0.3) is 12.2 Å². The summed E-state index contributed by atoms with van der Waals surface area (Å²) in [7, 11) is -3.02. The minimum Gasteiger partial charge on any atom is -0.465 e. The number of rotatable bonds is 5. The van der Waals surface area contributed by atoms with Crippen LogP contribution in [0.1, 0.15) is 28.4 Å². The topological polar surface area (TPSA) is 107 Å². The molecule has 0 bridgehead atoms. The normalized spacial score (nSPS) is 10.9. The third kappa shape index (κ3) is 6.96. The smallest absolute Gasteiger partial charge is 0.341 e. The molecule has 1 N–H and O–H groups in total. The Hall–Kier alpha value is -1.33. The number of carbonyl (C=O) groups is 2. The van der Waals surface area contributed by atoms with Crippen LogP contribution in [0.15, 0.2) is 47.4 Å². The van der Waals surface area contributed by atoms with Crippen molar-refractivity contribution in [2.75, 3.05) is 7.11 Å². The molecule has 0 fully saturated rings. The van der Waals surface area contributed by atoms with Gasteiger partial charge in [0.1, 0.15) is 11.3 Å². The van der Waals surface area contributed by atoms with Gasteiger partial charge >= 0.3 is 11.9 Å². The van der Waals surface area contributed by atoms with Crippen LogP contribution in [0.4, 0.5) is 0 Å². The minimum atomic E-state index is -4.24. The summed E-state index contributed by atoms with van der Waals surface area (Å²) in [5.74, 6) is -1.11. The molecular formula is C18H16KO7S. The molecule has 0 aliphatic heterocycles. The Kier molecular flexibility index (Phi) is 9.02. The Morgan fingerprint density at radius 2 is 1.56 bits per heavy atom.